The van der Waals surface area contributed by atoms with E-state index in [1.807, 2.05) is 60.5 Å². The van der Waals surface area contributed by atoms with Gasteiger partial charge in [0, 0.05) is 30.9 Å². The van der Waals surface area contributed by atoms with Gasteiger partial charge in [-0.1, -0.05) is 61.5 Å². The third-order valence-corrected chi connectivity index (χ3v) is 5.52. The topological polar surface area (TPSA) is 107 Å². The van der Waals surface area contributed by atoms with Gasteiger partial charge in [-0.2, -0.15) is 10.1 Å². The van der Waals surface area contributed by atoms with Crippen molar-refractivity contribution in [2.75, 3.05) is 17.7 Å². The van der Waals surface area contributed by atoms with Crippen LogP contribution in [0.4, 0.5) is 17.6 Å². The average Bonchev–Trinajstić information content (AvgIpc) is 2.84. The molecule has 0 fully saturated rings. The molecule has 0 aliphatic rings. The summed E-state index contributed by atoms with van der Waals surface area (Å²) in [6.45, 7) is 2.69. The Bertz CT molecular complexity index is 1190. The molecule has 0 saturated heterocycles. The molecule has 0 bridgehead atoms. The summed E-state index contributed by atoms with van der Waals surface area (Å²) in [5.41, 5.74) is 17.2. The van der Waals surface area contributed by atoms with E-state index < -0.39 is 0 Å². The SMILES string of the molecule is CC(Cc1cccc(CN)c1)c1cnc(N)nc1N(C)c1cc(-c2ccccc2)cnn1. The minimum Gasteiger partial charge on any atom is -0.368 e. The molecule has 0 spiro atoms. The van der Waals surface area contributed by atoms with Gasteiger partial charge in [0.1, 0.15) is 5.82 Å². The van der Waals surface area contributed by atoms with Crippen molar-refractivity contribution >= 4 is 17.6 Å². The first kappa shape index (κ1) is 21.4. The number of nitrogens with two attached hydrogens (primary N) is 2. The van der Waals surface area contributed by atoms with Crippen molar-refractivity contribution < 1.29 is 0 Å². The summed E-state index contributed by atoms with van der Waals surface area (Å²) in [7, 11) is 1.92. The molecule has 4 N–H and O–H groups in total. The molecule has 1 unspecified atom stereocenters. The maximum absolute atomic E-state index is 5.96. The van der Waals surface area contributed by atoms with Crippen molar-refractivity contribution in [1.29, 1.82) is 0 Å². The molecule has 2 heterocycles. The number of aromatic nitrogens is 4. The normalized spacial score (nSPS) is 11.8. The number of anilines is 3. The second kappa shape index (κ2) is 9.53. The van der Waals surface area contributed by atoms with Gasteiger partial charge in [-0.05, 0) is 35.1 Å². The number of hydrogen-bond donors (Lipinski definition) is 2. The minimum absolute atomic E-state index is 0.159. The monoisotopic (exact) mass is 425 g/mol. The third-order valence-electron chi connectivity index (χ3n) is 5.52. The van der Waals surface area contributed by atoms with Crippen LogP contribution in [-0.2, 0) is 13.0 Å². The number of rotatable bonds is 7. The Kier molecular flexibility index (Phi) is 6.37. The molecule has 0 aliphatic heterocycles. The molecule has 32 heavy (non-hydrogen) atoms. The van der Waals surface area contributed by atoms with E-state index in [0.717, 1.165) is 34.5 Å². The zero-order chi connectivity index (χ0) is 22.5. The van der Waals surface area contributed by atoms with Crippen molar-refractivity contribution in [2.24, 2.45) is 5.73 Å². The minimum atomic E-state index is 0.159. The molecule has 162 valence electrons. The predicted octanol–water partition coefficient (Wildman–Crippen LogP) is 4.09. The number of nitrogens with zero attached hydrogens (tertiary/aromatic N) is 5. The van der Waals surface area contributed by atoms with Gasteiger partial charge in [-0.3, -0.25) is 0 Å². The molecule has 4 aromatic rings. The van der Waals surface area contributed by atoms with Gasteiger partial charge >= 0.3 is 0 Å². The first-order valence-electron chi connectivity index (χ1n) is 10.6. The standard InChI is InChI=1S/C25H27N7/c1-17(11-18-7-6-8-19(12-18)14-26)22-16-28-25(27)30-24(22)32(2)23-13-21(15-29-31-23)20-9-4-3-5-10-20/h3-10,12-13,15-17H,11,14,26H2,1-2H3,(H2,27,28,30). The summed E-state index contributed by atoms with van der Waals surface area (Å²) in [6, 6.07) is 20.4. The van der Waals surface area contributed by atoms with E-state index >= 15 is 0 Å². The maximum atomic E-state index is 5.96. The second-order valence-corrected chi connectivity index (χ2v) is 7.86. The van der Waals surface area contributed by atoms with Crippen LogP contribution < -0.4 is 16.4 Å². The van der Waals surface area contributed by atoms with Gasteiger partial charge in [-0.15, -0.1) is 5.10 Å². The van der Waals surface area contributed by atoms with Crippen molar-refractivity contribution in [3.05, 3.63) is 89.7 Å². The Labute approximate surface area is 188 Å². The molecular weight excluding hydrogens is 398 g/mol. The van der Waals surface area contributed by atoms with E-state index in [1.54, 1.807) is 12.4 Å². The van der Waals surface area contributed by atoms with Gasteiger partial charge in [0.25, 0.3) is 0 Å². The lowest BCUT2D eigenvalue weighted by Crippen LogP contribution is -2.18. The molecule has 7 nitrogen and oxygen atoms in total. The van der Waals surface area contributed by atoms with Crippen LogP contribution in [0.2, 0.25) is 0 Å². The fraction of sp³-hybridized carbons (Fsp3) is 0.200. The van der Waals surface area contributed by atoms with E-state index in [0.29, 0.717) is 12.4 Å². The zero-order valence-electron chi connectivity index (χ0n) is 18.3. The lowest BCUT2D eigenvalue weighted by Gasteiger charge is -2.23. The van der Waals surface area contributed by atoms with Crippen LogP contribution in [0.3, 0.4) is 0 Å². The lowest BCUT2D eigenvalue weighted by atomic mass is 9.94. The van der Waals surface area contributed by atoms with Crippen LogP contribution in [-0.4, -0.2) is 27.2 Å². The highest BCUT2D eigenvalue weighted by Gasteiger charge is 2.19. The second-order valence-electron chi connectivity index (χ2n) is 7.86. The van der Waals surface area contributed by atoms with Crippen LogP contribution in [0.1, 0.15) is 29.5 Å². The Hall–Kier alpha value is -3.84. The smallest absolute Gasteiger partial charge is 0.221 e. The van der Waals surface area contributed by atoms with E-state index in [1.165, 1.54) is 5.56 Å². The molecule has 2 aromatic heterocycles. The van der Waals surface area contributed by atoms with Crippen LogP contribution in [0.5, 0.6) is 0 Å². The first-order valence-corrected chi connectivity index (χ1v) is 10.6. The Morgan fingerprint density at radius 2 is 1.72 bits per heavy atom. The summed E-state index contributed by atoms with van der Waals surface area (Å²) in [6.07, 6.45) is 4.40. The van der Waals surface area contributed by atoms with Gasteiger partial charge < -0.3 is 16.4 Å². The fourth-order valence-electron chi connectivity index (χ4n) is 3.78. The van der Waals surface area contributed by atoms with Crippen LogP contribution in [0, 0.1) is 0 Å². The summed E-state index contributed by atoms with van der Waals surface area (Å²) >= 11 is 0. The summed E-state index contributed by atoms with van der Waals surface area (Å²) in [5.74, 6) is 1.79. The summed E-state index contributed by atoms with van der Waals surface area (Å²) < 4.78 is 0. The van der Waals surface area contributed by atoms with E-state index in [-0.39, 0.29) is 11.9 Å². The quantitative estimate of drug-likeness (QED) is 0.459. The van der Waals surface area contributed by atoms with Crippen LogP contribution >= 0.6 is 0 Å². The zero-order valence-corrected chi connectivity index (χ0v) is 18.3. The largest absolute Gasteiger partial charge is 0.368 e. The summed E-state index contributed by atoms with van der Waals surface area (Å²) in [5, 5.41) is 8.55. The van der Waals surface area contributed by atoms with Gasteiger partial charge in [0.05, 0.1) is 6.20 Å². The highest BCUT2D eigenvalue weighted by Crippen LogP contribution is 2.32. The van der Waals surface area contributed by atoms with Gasteiger partial charge in [0.15, 0.2) is 5.82 Å². The van der Waals surface area contributed by atoms with Crippen molar-refractivity contribution in [1.82, 2.24) is 20.2 Å². The highest BCUT2D eigenvalue weighted by molar-refractivity contribution is 5.68. The fourth-order valence-corrected chi connectivity index (χ4v) is 3.78. The molecule has 1 atom stereocenters. The van der Waals surface area contributed by atoms with E-state index in [9.17, 15) is 0 Å². The van der Waals surface area contributed by atoms with E-state index in [2.05, 4.69) is 39.2 Å². The summed E-state index contributed by atoms with van der Waals surface area (Å²) in [4.78, 5) is 10.7. The molecule has 7 heteroatoms. The Morgan fingerprint density at radius 3 is 2.50 bits per heavy atom. The van der Waals surface area contributed by atoms with Crippen molar-refractivity contribution in [2.45, 2.75) is 25.8 Å². The number of benzene rings is 2. The van der Waals surface area contributed by atoms with Crippen molar-refractivity contribution in [3.63, 3.8) is 0 Å². The lowest BCUT2D eigenvalue weighted by molar-refractivity contribution is 0.745. The molecule has 0 radical (unpaired) electrons. The van der Waals surface area contributed by atoms with Gasteiger partial charge in [0.2, 0.25) is 5.95 Å². The predicted molar refractivity (Wildman–Crippen MR) is 128 cm³/mol. The van der Waals surface area contributed by atoms with Crippen molar-refractivity contribution in [3.8, 4) is 11.1 Å². The average molecular weight is 426 g/mol. The van der Waals surface area contributed by atoms with Crippen LogP contribution in [0.15, 0.2) is 73.1 Å². The maximum Gasteiger partial charge on any atom is 0.221 e. The number of nitrogen functional groups attached to an aromatic ring is 1. The number of hydrogen-bond acceptors (Lipinski definition) is 7. The molecule has 0 saturated carbocycles. The highest BCUT2D eigenvalue weighted by atomic mass is 15.3. The molecule has 0 amide bonds. The van der Waals surface area contributed by atoms with Gasteiger partial charge in [-0.25, -0.2) is 4.98 Å². The molecule has 2 aromatic carbocycles. The van der Waals surface area contributed by atoms with E-state index in [4.69, 9.17) is 11.5 Å². The molecule has 4 rings (SSSR count). The first-order chi connectivity index (χ1) is 15.5. The Balaban J connectivity index is 1.66. The Morgan fingerprint density at radius 1 is 0.938 bits per heavy atom. The molecule has 0 aliphatic carbocycles. The molecular formula is C25H27N7. The van der Waals surface area contributed by atoms with Crippen LogP contribution in [0.25, 0.3) is 11.1 Å². The third kappa shape index (κ3) is 4.73.